The first-order valence-electron chi connectivity index (χ1n) is 8.04. The molecular weight excluding hydrogens is 304 g/mol. The van der Waals surface area contributed by atoms with E-state index in [2.05, 4.69) is 36.4 Å². The second-order valence-corrected chi connectivity index (χ2v) is 5.54. The van der Waals surface area contributed by atoms with Crippen molar-refractivity contribution in [3.8, 4) is 11.1 Å². The second-order valence-electron chi connectivity index (χ2n) is 5.54. The first-order chi connectivity index (χ1) is 11.5. The zero-order valence-corrected chi connectivity index (χ0v) is 13.9. The van der Waals surface area contributed by atoms with Gasteiger partial charge in [0.1, 0.15) is 0 Å². The molecule has 0 radical (unpaired) electrons. The third kappa shape index (κ3) is 10.2. The smallest absolute Gasteiger partial charge is 0.303 e. The average molecular weight is 328 g/mol. The Hall–Kier alpha value is -2.62. The summed E-state index contributed by atoms with van der Waals surface area (Å²) >= 11 is 0. The molecule has 0 aliphatic heterocycles. The Labute approximate surface area is 142 Å². The van der Waals surface area contributed by atoms with E-state index >= 15 is 0 Å². The lowest BCUT2D eigenvalue weighted by Gasteiger charge is -1.99. The van der Waals surface area contributed by atoms with Gasteiger partial charge in [-0.15, -0.1) is 0 Å². The van der Waals surface area contributed by atoms with E-state index in [1.165, 1.54) is 16.7 Å². The molecular formula is C20H24O4. The van der Waals surface area contributed by atoms with Crippen molar-refractivity contribution in [3.63, 3.8) is 0 Å². The van der Waals surface area contributed by atoms with Crippen LogP contribution in [0.5, 0.6) is 0 Å². The number of carbonyl (C=O) groups is 2. The number of benzene rings is 2. The lowest BCUT2D eigenvalue weighted by atomic mass is 10.1. The highest BCUT2D eigenvalue weighted by molar-refractivity contribution is 5.80. The summed E-state index contributed by atoms with van der Waals surface area (Å²) in [5.74, 6) is -1.52. The van der Waals surface area contributed by atoms with E-state index < -0.39 is 11.9 Å². The molecule has 0 bridgehead atoms. The molecule has 0 spiro atoms. The Morgan fingerprint density at radius 3 is 1.83 bits per heavy atom. The number of aryl methyl sites for hydroxylation is 1. The van der Waals surface area contributed by atoms with Crippen LogP contribution in [0.1, 0.15) is 38.2 Å². The molecule has 24 heavy (non-hydrogen) atoms. The van der Waals surface area contributed by atoms with Crippen molar-refractivity contribution >= 4 is 11.9 Å². The zero-order chi connectivity index (χ0) is 17.8. The van der Waals surface area contributed by atoms with Crippen molar-refractivity contribution in [1.82, 2.24) is 0 Å². The molecule has 3 rings (SSSR count). The van der Waals surface area contributed by atoms with Crippen LogP contribution < -0.4 is 0 Å². The molecule has 0 fully saturated rings. The third-order valence-corrected chi connectivity index (χ3v) is 3.31. The Morgan fingerprint density at radius 1 is 0.833 bits per heavy atom. The van der Waals surface area contributed by atoms with E-state index in [1.807, 2.05) is 18.2 Å². The van der Waals surface area contributed by atoms with Crippen LogP contribution in [0.15, 0.2) is 54.6 Å². The molecule has 0 saturated heterocycles. The van der Waals surface area contributed by atoms with Gasteiger partial charge in [0.15, 0.2) is 0 Å². The van der Waals surface area contributed by atoms with E-state index in [4.69, 9.17) is 15.0 Å². The maximum absolute atomic E-state index is 10.2. The van der Waals surface area contributed by atoms with Crippen molar-refractivity contribution in [1.29, 1.82) is 0 Å². The van der Waals surface area contributed by atoms with Gasteiger partial charge in [-0.05, 0) is 42.0 Å². The molecule has 4 heteroatoms. The van der Waals surface area contributed by atoms with E-state index in [1.54, 1.807) is 0 Å². The zero-order valence-electron chi connectivity index (χ0n) is 13.9. The van der Waals surface area contributed by atoms with Gasteiger partial charge in [0, 0.05) is 13.3 Å². The topological polar surface area (TPSA) is 74.6 Å². The Bertz CT molecular complexity index is 614. The molecule has 128 valence electrons. The highest BCUT2D eigenvalue weighted by Gasteiger charge is 2.07. The summed E-state index contributed by atoms with van der Waals surface area (Å²) in [4.78, 5) is 19.2. The van der Waals surface area contributed by atoms with Crippen molar-refractivity contribution < 1.29 is 19.8 Å². The maximum Gasteiger partial charge on any atom is 0.303 e. The summed E-state index contributed by atoms with van der Waals surface area (Å²) in [5.41, 5.74) is 4.19. The summed E-state index contributed by atoms with van der Waals surface area (Å²) in [7, 11) is 0. The minimum atomic E-state index is -0.833. The average Bonchev–Trinajstić information content (AvgIpc) is 3.13. The van der Waals surface area contributed by atoms with Crippen molar-refractivity contribution in [2.75, 3.05) is 0 Å². The molecule has 4 nitrogen and oxygen atoms in total. The molecule has 1 aromatic rings. The summed E-state index contributed by atoms with van der Waals surface area (Å²) in [6.07, 6.45) is 4.23. The lowest BCUT2D eigenvalue weighted by Crippen LogP contribution is -1.94. The van der Waals surface area contributed by atoms with Crippen LogP contribution >= 0.6 is 0 Å². The molecule has 0 amide bonds. The van der Waals surface area contributed by atoms with E-state index in [0.717, 1.165) is 32.6 Å². The molecule has 0 heterocycles. The predicted octanol–water partition coefficient (Wildman–Crippen LogP) is 4.63. The fourth-order valence-corrected chi connectivity index (χ4v) is 2.10. The number of hydrogen-bond donors (Lipinski definition) is 2. The second kappa shape index (κ2) is 11.0. The number of rotatable bonds is 6. The first kappa shape index (κ1) is 19.4. The van der Waals surface area contributed by atoms with Gasteiger partial charge in [-0.25, -0.2) is 0 Å². The van der Waals surface area contributed by atoms with Crippen LogP contribution in [-0.2, 0) is 16.0 Å². The monoisotopic (exact) mass is 328 g/mol. The third-order valence-electron chi connectivity index (χ3n) is 3.31. The van der Waals surface area contributed by atoms with Crippen LogP contribution in [-0.4, -0.2) is 22.2 Å². The fraction of sp³-hybridized carbons (Fsp3) is 0.300. The van der Waals surface area contributed by atoms with Crippen molar-refractivity contribution in [3.05, 3.63) is 60.2 Å². The van der Waals surface area contributed by atoms with Crippen molar-refractivity contribution in [2.45, 2.75) is 39.0 Å². The van der Waals surface area contributed by atoms with Gasteiger partial charge in [-0.2, -0.15) is 0 Å². The number of aliphatic carboxylic acids is 2. The number of fused-ring (bicyclic) bond motifs is 1. The summed E-state index contributed by atoms with van der Waals surface area (Å²) < 4.78 is 0. The Morgan fingerprint density at radius 2 is 1.42 bits per heavy atom. The molecule has 0 aromatic heterocycles. The van der Waals surface area contributed by atoms with Gasteiger partial charge in [-0.3, -0.25) is 9.59 Å². The fourth-order valence-electron chi connectivity index (χ4n) is 2.10. The van der Waals surface area contributed by atoms with Crippen LogP contribution in [0.2, 0.25) is 0 Å². The molecule has 2 N–H and O–H groups in total. The maximum atomic E-state index is 10.2. The van der Waals surface area contributed by atoms with Crippen molar-refractivity contribution in [2.24, 2.45) is 0 Å². The van der Waals surface area contributed by atoms with E-state index in [0.29, 0.717) is 6.42 Å². The van der Waals surface area contributed by atoms with Crippen LogP contribution in [0, 0.1) is 0 Å². The van der Waals surface area contributed by atoms with E-state index in [-0.39, 0.29) is 0 Å². The van der Waals surface area contributed by atoms with Gasteiger partial charge in [-0.1, -0.05) is 55.0 Å². The predicted molar refractivity (Wildman–Crippen MR) is 95.0 cm³/mol. The highest BCUT2D eigenvalue weighted by atomic mass is 16.4. The van der Waals surface area contributed by atoms with Crippen LogP contribution in [0.4, 0.5) is 0 Å². The normalized spacial score (nSPS) is 9.71. The number of carboxylic acid groups (broad SMARTS) is 2. The summed E-state index contributed by atoms with van der Waals surface area (Å²) in [5, 5.41) is 15.8. The minimum Gasteiger partial charge on any atom is -0.481 e. The van der Waals surface area contributed by atoms with Gasteiger partial charge in [0.05, 0.1) is 0 Å². The minimum absolute atomic E-state index is 0.300. The van der Waals surface area contributed by atoms with Gasteiger partial charge >= 0.3 is 5.97 Å². The highest BCUT2D eigenvalue weighted by Crippen LogP contribution is 2.32. The Balaban J connectivity index is 0.000000233. The SMILES string of the molecule is CC(=O)O.O=C(O)CCCCCc1ccccc1.c1cc2cc-2c1. The lowest BCUT2D eigenvalue weighted by molar-refractivity contribution is -0.137. The molecule has 0 saturated carbocycles. The number of unbranched alkanes of at least 4 members (excludes halogenated alkanes) is 2. The molecule has 2 aliphatic carbocycles. The standard InChI is InChI=1S/C12H16O2.C6H4.C2H4O2/c13-12(14)10-6-2-5-9-11-7-3-1-4-8-11;1-2-5-4-6(5)3-1;1-2(3)4/h1,3-4,7-8H,2,5-6,9-10H2,(H,13,14);1-4H;1H3,(H,3,4). The quantitative estimate of drug-likeness (QED) is 0.647. The molecule has 0 atom stereocenters. The van der Waals surface area contributed by atoms with Crippen LogP contribution in [0.25, 0.3) is 11.1 Å². The van der Waals surface area contributed by atoms with Crippen LogP contribution in [0.3, 0.4) is 0 Å². The number of hydrogen-bond acceptors (Lipinski definition) is 2. The molecule has 0 unspecified atom stereocenters. The summed E-state index contributed by atoms with van der Waals surface area (Å²) in [6, 6.07) is 18.8. The summed E-state index contributed by atoms with van der Waals surface area (Å²) in [6.45, 7) is 1.08. The molecule has 2 aliphatic rings. The van der Waals surface area contributed by atoms with E-state index in [9.17, 15) is 4.79 Å². The first-order valence-corrected chi connectivity index (χ1v) is 8.04. The van der Waals surface area contributed by atoms with Gasteiger partial charge < -0.3 is 10.2 Å². The van der Waals surface area contributed by atoms with Gasteiger partial charge in [0.2, 0.25) is 0 Å². The largest absolute Gasteiger partial charge is 0.481 e. The number of carboxylic acids is 2. The molecule has 1 aromatic carbocycles. The Kier molecular flexibility index (Phi) is 8.90. The van der Waals surface area contributed by atoms with Gasteiger partial charge in [0.25, 0.3) is 5.97 Å².